The third-order valence-electron chi connectivity index (χ3n) is 5.18. The van der Waals surface area contributed by atoms with E-state index in [9.17, 15) is 19.2 Å². The summed E-state index contributed by atoms with van der Waals surface area (Å²) in [6.45, 7) is 3.36. The number of halogens is 2. The van der Waals surface area contributed by atoms with E-state index in [4.69, 9.17) is 23.2 Å². The number of carbonyl (C=O) groups is 4. The summed E-state index contributed by atoms with van der Waals surface area (Å²) in [5, 5.41) is 2.12. The monoisotopic (exact) mass is 432 g/mol. The highest BCUT2D eigenvalue weighted by Gasteiger charge is 2.60. The van der Waals surface area contributed by atoms with Gasteiger partial charge in [-0.3, -0.25) is 19.2 Å². The Labute approximate surface area is 178 Å². The number of hydrogen-bond donors (Lipinski definition) is 0. The highest BCUT2D eigenvalue weighted by atomic mass is 35.5. The van der Waals surface area contributed by atoms with Gasteiger partial charge in [0.15, 0.2) is 0 Å². The molecule has 8 heteroatoms. The first-order valence-electron chi connectivity index (χ1n) is 9.05. The molecule has 0 bridgehead atoms. The van der Waals surface area contributed by atoms with Gasteiger partial charge in [0, 0.05) is 21.2 Å². The summed E-state index contributed by atoms with van der Waals surface area (Å²) in [5.41, 5.74) is -1.20. The van der Waals surface area contributed by atoms with Crippen LogP contribution in [-0.2, 0) is 9.59 Å². The Kier molecular flexibility index (Phi) is 5.78. The molecule has 3 rings (SSSR count). The molecule has 1 aliphatic heterocycles. The van der Waals surface area contributed by atoms with E-state index in [0.29, 0.717) is 20.1 Å². The van der Waals surface area contributed by atoms with E-state index in [1.54, 1.807) is 13.8 Å². The second kappa shape index (κ2) is 7.97. The fourth-order valence-corrected chi connectivity index (χ4v) is 3.58. The van der Waals surface area contributed by atoms with Crippen molar-refractivity contribution in [2.24, 2.45) is 5.41 Å². The zero-order valence-corrected chi connectivity index (χ0v) is 17.3. The summed E-state index contributed by atoms with van der Waals surface area (Å²) in [6, 6.07) is 11.7. The second-order valence-electron chi connectivity index (χ2n) is 6.65. The van der Waals surface area contributed by atoms with Crippen LogP contribution < -0.4 is 0 Å². The molecule has 1 heterocycles. The van der Waals surface area contributed by atoms with Crippen molar-refractivity contribution < 1.29 is 19.2 Å². The molecule has 1 fully saturated rings. The van der Waals surface area contributed by atoms with Crippen LogP contribution in [0, 0.1) is 5.41 Å². The third-order valence-corrected chi connectivity index (χ3v) is 5.68. The standard InChI is InChI=1S/C21H18Cl2N2O4/c1-3-21(4-2)19(28)24(17(26)13-5-9-15(22)10-6-13)25(20(21)29)18(27)14-7-11-16(23)12-8-14/h5-12H,3-4H2,1-2H3. The maximum Gasteiger partial charge on any atom is 0.280 e. The molecule has 2 aromatic carbocycles. The lowest BCUT2D eigenvalue weighted by atomic mass is 9.81. The Bertz CT molecular complexity index is 905. The molecule has 150 valence electrons. The SMILES string of the molecule is CCC1(CC)C(=O)N(C(=O)c2ccc(Cl)cc2)N(C(=O)c2ccc(Cl)cc2)C1=O. The van der Waals surface area contributed by atoms with Gasteiger partial charge in [-0.25, -0.2) is 0 Å². The van der Waals surface area contributed by atoms with Gasteiger partial charge in [-0.2, -0.15) is 10.0 Å². The van der Waals surface area contributed by atoms with Gasteiger partial charge in [0.25, 0.3) is 23.6 Å². The van der Waals surface area contributed by atoms with Crippen molar-refractivity contribution in [2.75, 3.05) is 0 Å². The van der Waals surface area contributed by atoms with Crippen LogP contribution in [0.5, 0.6) is 0 Å². The molecule has 0 atom stereocenters. The number of nitrogens with zero attached hydrogens (tertiary/aromatic N) is 2. The smallest absolute Gasteiger partial charge is 0.271 e. The normalized spacial score (nSPS) is 15.7. The van der Waals surface area contributed by atoms with E-state index < -0.39 is 29.0 Å². The molecule has 1 saturated heterocycles. The van der Waals surface area contributed by atoms with Crippen LogP contribution in [-0.4, -0.2) is 33.6 Å². The maximum absolute atomic E-state index is 13.2. The Morgan fingerprint density at radius 2 is 1.03 bits per heavy atom. The average molecular weight is 433 g/mol. The van der Waals surface area contributed by atoms with Gasteiger partial charge in [0.2, 0.25) is 0 Å². The molecule has 0 aromatic heterocycles. The lowest BCUT2D eigenvalue weighted by molar-refractivity contribution is -0.138. The minimum Gasteiger partial charge on any atom is -0.271 e. The zero-order valence-electron chi connectivity index (χ0n) is 15.8. The number of benzene rings is 2. The first kappa shape index (κ1) is 21.0. The van der Waals surface area contributed by atoms with Crippen LogP contribution in [0.15, 0.2) is 48.5 Å². The first-order valence-corrected chi connectivity index (χ1v) is 9.81. The molecule has 0 aliphatic carbocycles. The number of hydrogen-bond acceptors (Lipinski definition) is 4. The first-order chi connectivity index (χ1) is 13.8. The molecule has 0 unspecified atom stereocenters. The highest BCUT2D eigenvalue weighted by molar-refractivity contribution is 6.31. The molecule has 0 N–H and O–H groups in total. The molecule has 0 spiro atoms. The summed E-state index contributed by atoms with van der Waals surface area (Å²) < 4.78 is 0. The Balaban J connectivity index is 2.10. The molecule has 29 heavy (non-hydrogen) atoms. The van der Waals surface area contributed by atoms with Gasteiger partial charge in [-0.15, -0.1) is 0 Å². The number of rotatable bonds is 4. The summed E-state index contributed by atoms with van der Waals surface area (Å²) in [4.78, 5) is 52.7. The van der Waals surface area contributed by atoms with Crippen molar-refractivity contribution in [2.45, 2.75) is 26.7 Å². The summed E-state index contributed by atoms with van der Waals surface area (Å²) in [5.74, 6) is -2.97. The molecule has 0 radical (unpaired) electrons. The predicted octanol–water partition coefficient (Wildman–Crippen LogP) is 4.37. The van der Waals surface area contributed by atoms with Crippen LogP contribution in [0.25, 0.3) is 0 Å². The van der Waals surface area contributed by atoms with Crippen LogP contribution in [0.1, 0.15) is 47.4 Å². The Hall–Kier alpha value is -2.70. The van der Waals surface area contributed by atoms with Crippen LogP contribution in [0.3, 0.4) is 0 Å². The van der Waals surface area contributed by atoms with Gasteiger partial charge >= 0.3 is 0 Å². The fourth-order valence-electron chi connectivity index (χ4n) is 3.33. The molecular weight excluding hydrogens is 415 g/mol. The molecular formula is C21H18Cl2N2O4. The van der Waals surface area contributed by atoms with E-state index in [-0.39, 0.29) is 24.0 Å². The number of hydrazine groups is 1. The maximum atomic E-state index is 13.2. The zero-order chi connectivity index (χ0) is 21.3. The van der Waals surface area contributed by atoms with Crippen LogP contribution in [0.2, 0.25) is 10.0 Å². The molecule has 1 aliphatic rings. The fraction of sp³-hybridized carbons (Fsp3) is 0.238. The van der Waals surface area contributed by atoms with Gasteiger partial charge < -0.3 is 0 Å². The van der Waals surface area contributed by atoms with E-state index in [0.717, 1.165) is 0 Å². The number of amides is 4. The summed E-state index contributed by atoms with van der Waals surface area (Å²) in [7, 11) is 0. The topological polar surface area (TPSA) is 74.8 Å². The van der Waals surface area contributed by atoms with Crippen LogP contribution in [0.4, 0.5) is 0 Å². The van der Waals surface area contributed by atoms with Gasteiger partial charge in [-0.05, 0) is 61.4 Å². The minimum absolute atomic E-state index is 0.132. The van der Waals surface area contributed by atoms with E-state index in [1.165, 1.54) is 48.5 Å². The van der Waals surface area contributed by atoms with Crippen molar-refractivity contribution in [3.05, 3.63) is 69.7 Å². The quantitative estimate of drug-likeness (QED) is 0.530. The van der Waals surface area contributed by atoms with E-state index in [2.05, 4.69) is 0 Å². The van der Waals surface area contributed by atoms with E-state index in [1.807, 2.05) is 0 Å². The van der Waals surface area contributed by atoms with Crippen LogP contribution >= 0.6 is 23.2 Å². The lowest BCUT2D eigenvalue weighted by Crippen LogP contribution is -2.48. The van der Waals surface area contributed by atoms with Gasteiger partial charge in [-0.1, -0.05) is 37.0 Å². The third kappa shape index (κ3) is 3.43. The number of carbonyl (C=O) groups excluding carboxylic acids is 4. The van der Waals surface area contributed by atoms with E-state index >= 15 is 0 Å². The van der Waals surface area contributed by atoms with Crippen molar-refractivity contribution in [1.29, 1.82) is 0 Å². The van der Waals surface area contributed by atoms with Crippen molar-refractivity contribution in [3.8, 4) is 0 Å². The Morgan fingerprint density at radius 3 is 1.31 bits per heavy atom. The van der Waals surface area contributed by atoms with Gasteiger partial charge in [0.1, 0.15) is 5.41 Å². The lowest BCUT2D eigenvalue weighted by Gasteiger charge is -2.24. The Morgan fingerprint density at radius 1 is 0.724 bits per heavy atom. The molecule has 4 amide bonds. The predicted molar refractivity (Wildman–Crippen MR) is 108 cm³/mol. The summed E-state index contributed by atoms with van der Waals surface area (Å²) in [6.07, 6.45) is 0.325. The molecule has 0 saturated carbocycles. The second-order valence-corrected chi connectivity index (χ2v) is 7.52. The van der Waals surface area contributed by atoms with Gasteiger partial charge in [0.05, 0.1) is 0 Å². The summed E-state index contributed by atoms with van der Waals surface area (Å²) >= 11 is 11.7. The molecule has 6 nitrogen and oxygen atoms in total. The molecule has 2 aromatic rings. The van der Waals surface area contributed by atoms with Crippen molar-refractivity contribution in [3.63, 3.8) is 0 Å². The highest BCUT2D eigenvalue weighted by Crippen LogP contribution is 2.39. The van der Waals surface area contributed by atoms with Crippen molar-refractivity contribution >= 4 is 46.8 Å². The minimum atomic E-state index is -1.47. The largest absolute Gasteiger partial charge is 0.280 e. The number of imide groups is 2. The average Bonchev–Trinajstić information content (AvgIpc) is 2.95. The van der Waals surface area contributed by atoms with Crippen molar-refractivity contribution in [1.82, 2.24) is 10.0 Å².